The Morgan fingerprint density at radius 1 is 1.23 bits per heavy atom. The molecule has 3 aliphatic rings. The average Bonchev–Trinajstić information content (AvgIpc) is 3.50. The van der Waals surface area contributed by atoms with Crippen LogP contribution in [0.15, 0.2) is 25.3 Å². The summed E-state index contributed by atoms with van der Waals surface area (Å²) in [6.07, 6.45) is 11.9. The Balaban J connectivity index is 1.91. The SMILES string of the molecule is C=CCCCCOC(=O)[C@H]1[C@@H]2SC3(CC2Br)C(C(=O)N(CC=C)C(C)CCC)N(CCCCCCO)C(=O)[C@H]13. The molecule has 2 amide bonds. The molecule has 0 aromatic heterocycles. The Morgan fingerprint density at radius 2 is 1.97 bits per heavy atom. The van der Waals surface area contributed by atoms with Crippen LogP contribution in [0.25, 0.3) is 0 Å². The second-order valence-electron chi connectivity index (χ2n) is 11.2. The molecule has 220 valence electrons. The summed E-state index contributed by atoms with van der Waals surface area (Å²) in [6, 6.07) is -0.593. The number of likely N-dealkylation sites (tertiary alicyclic amines) is 1. The number of aliphatic hydroxyl groups is 1. The van der Waals surface area contributed by atoms with Gasteiger partial charge in [0.1, 0.15) is 6.04 Å². The zero-order chi connectivity index (χ0) is 28.6. The molecule has 4 unspecified atom stereocenters. The zero-order valence-electron chi connectivity index (χ0n) is 23.7. The van der Waals surface area contributed by atoms with E-state index in [9.17, 15) is 14.4 Å². The summed E-state index contributed by atoms with van der Waals surface area (Å²) in [4.78, 5) is 45.8. The van der Waals surface area contributed by atoms with Crippen molar-refractivity contribution in [2.45, 2.75) is 105 Å². The first kappa shape index (κ1) is 32.2. The molecular formula is C30H47BrN2O5S. The van der Waals surface area contributed by atoms with E-state index in [0.29, 0.717) is 26.1 Å². The summed E-state index contributed by atoms with van der Waals surface area (Å²) >= 11 is 5.49. The summed E-state index contributed by atoms with van der Waals surface area (Å²) in [5, 5.41) is 9.06. The Morgan fingerprint density at radius 3 is 2.64 bits per heavy atom. The van der Waals surface area contributed by atoms with Crippen molar-refractivity contribution in [2.24, 2.45) is 11.8 Å². The number of hydrogen-bond donors (Lipinski definition) is 1. The fraction of sp³-hybridized carbons (Fsp3) is 0.767. The fourth-order valence-corrected chi connectivity index (χ4v) is 10.3. The van der Waals surface area contributed by atoms with E-state index in [4.69, 9.17) is 9.84 Å². The number of carbonyl (C=O) groups is 3. The molecule has 3 aliphatic heterocycles. The van der Waals surface area contributed by atoms with Gasteiger partial charge in [-0.3, -0.25) is 14.4 Å². The molecule has 0 radical (unpaired) electrons. The number of esters is 1. The normalized spacial score (nSPS) is 29.8. The van der Waals surface area contributed by atoms with E-state index in [-0.39, 0.29) is 40.5 Å². The lowest BCUT2D eigenvalue weighted by molar-refractivity contribution is -0.154. The summed E-state index contributed by atoms with van der Waals surface area (Å²) in [5.41, 5.74) is 0. The molecule has 0 aromatic carbocycles. The molecule has 1 N–H and O–H groups in total. The molecule has 0 aromatic rings. The lowest BCUT2D eigenvalue weighted by atomic mass is 9.71. The van der Waals surface area contributed by atoms with Crippen molar-refractivity contribution < 1.29 is 24.2 Å². The van der Waals surface area contributed by atoms with Gasteiger partial charge < -0.3 is 19.6 Å². The molecular weight excluding hydrogens is 580 g/mol. The van der Waals surface area contributed by atoms with Crippen LogP contribution in [0.4, 0.5) is 0 Å². The molecule has 9 heteroatoms. The van der Waals surface area contributed by atoms with Crippen molar-refractivity contribution in [3.05, 3.63) is 25.3 Å². The third kappa shape index (κ3) is 6.78. The number of amides is 2. The van der Waals surface area contributed by atoms with Gasteiger partial charge in [-0.05, 0) is 51.9 Å². The van der Waals surface area contributed by atoms with Gasteiger partial charge in [-0.2, -0.15) is 0 Å². The minimum absolute atomic E-state index is 0.0251. The maximum absolute atomic E-state index is 14.4. The number of ether oxygens (including phenoxy) is 1. The predicted octanol–water partition coefficient (Wildman–Crippen LogP) is 5.11. The van der Waals surface area contributed by atoms with Gasteiger partial charge in [0.25, 0.3) is 0 Å². The Kier molecular flexibility index (Phi) is 12.4. The standard InChI is InChI=1S/C30H47BrN2O5S/c1-5-8-9-14-19-38-29(37)23-24-27(35)33(17-12-10-11-13-18-34)26(30(24)20-22(31)25(23)39-30)28(36)32(16-7-3)21(4)15-6-2/h5,7,21-26,34H,1,3,6,8-20H2,2,4H3/t21?,22?,23-,24+,25-,26?,30?/m1/s1. The molecule has 3 saturated heterocycles. The van der Waals surface area contributed by atoms with Crippen molar-refractivity contribution in [3.8, 4) is 0 Å². The number of rotatable bonds is 18. The molecule has 1 spiro atoms. The van der Waals surface area contributed by atoms with Crippen LogP contribution in [0.2, 0.25) is 0 Å². The Labute approximate surface area is 247 Å². The minimum Gasteiger partial charge on any atom is -0.465 e. The number of hydrogen-bond acceptors (Lipinski definition) is 6. The van der Waals surface area contributed by atoms with Gasteiger partial charge >= 0.3 is 5.97 Å². The fourth-order valence-electron chi connectivity index (χ4n) is 6.68. The highest BCUT2D eigenvalue weighted by Gasteiger charge is 2.76. The monoisotopic (exact) mass is 626 g/mol. The van der Waals surface area contributed by atoms with Crippen LogP contribution in [0.3, 0.4) is 0 Å². The molecule has 7 nitrogen and oxygen atoms in total. The number of carbonyl (C=O) groups excluding carboxylic acids is 3. The van der Waals surface area contributed by atoms with Crippen molar-refractivity contribution >= 4 is 45.5 Å². The van der Waals surface area contributed by atoms with Crippen LogP contribution >= 0.6 is 27.7 Å². The van der Waals surface area contributed by atoms with E-state index in [1.165, 1.54) is 0 Å². The van der Waals surface area contributed by atoms with E-state index < -0.39 is 22.6 Å². The summed E-state index contributed by atoms with van der Waals surface area (Å²) in [7, 11) is 0. The molecule has 0 saturated carbocycles. The van der Waals surface area contributed by atoms with Crippen molar-refractivity contribution in [3.63, 3.8) is 0 Å². The highest BCUT2D eigenvalue weighted by molar-refractivity contribution is 9.09. The first-order valence-electron chi connectivity index (χ1n) is 14.7. The van der Waals surface area contributed by atoms with Gasteiger partial charge in [-0.1, -0.05) is 54.3 Å². The van der Waals surface area contributed by atoms with E-state index >= 15 is 0 Å². The van der Waals surface area contributed by atoms with E-state index in [1.54, 1.807) is 22.7 Å². The third-order valence-electron chi connectivity index (χ3n) is 8.50. The number of alkyl halides is 1. The number of halogens is 1. The average molecular weight is 628 g/mol. The second kappa shape index (κ2) is 15.1. The Hall–Kier alpha value is -1.32. The van der Waals surface area contributed by atoms with Gasteiger partial charge in [0.15, 0.2) is 0 Å². The quantitative estimate of drug-likeness (QED) is 0.0985. The van der Waals surface area contributed by atoms with Gasteiger partial charge in [-0.15, -0.1) is 24.9 Å². The predicted molar refractivity (Wildman–Crippen MR) is 161 cm³/mol. The van der Waals surface area contributed by atoms with Gasteiger partial charge in [0.05, 0.1) is 23.2 Å². The first-order chi connectivity index (χ1) is 18.8. The van der Waals surface area contributed by atoms with Crippen LogP contribution < -0.4 is 0 Å². The van der Waals surface area contributed by atoms with E-state index in [2.05, 4.69) is 42.9 Å². The molecule has 3 heterocycles. The minimum atomic E-state index is -0.657. The van der Waals surface area contributed by atoms with Crippen molar-refractivity contribution in [2.75, 3.05) is 26.3 Å². The second-order valence-corrected chi connectivity index (χ2v) is 13.9. The van der Waals surface area contributed by atoms with E-state index in [1.807, 2.05) is 11.0 Å². The number of aliphatic hydroxyl groups excluding tert-OH is 1. The van der Waals surface area contributed by atoms with Crippen LogP contribution in [0.1, 0.15) is 78.1 Å². The number of thioether (sulfide) groups is 1. The highest BCUT2D eigenvalue weighted by atomic mass is 79.9. The van der Waals surface area contributed by atoms with Crippen LogP contribution in [0, 0.1) is 11.8 Å². The maximum atomic E-state index is 14.4. The van der Waals surface area contributed by atoms with Crippen LogP contribution in [0.5, 0.6) is 0 Å². The largest absolute Gasteiger partial charge is 0.465 e. The van der Waals surface area contributed by atoms with Gasteiger partial charge in [-0.25, -0.2) is 0 Å². The smallest absolute Gasteiger partial charge is 0.310 e. The summed E-state index contributed by atoms with van der Waals surface area (Å²) in [6.45, 7) is 13.2. The maximum Gasteiger partial charge on any atom is 0.310 e. The molecule has 3 fully saturated rings. The highest BCUT2D eigenvalue weighted by Crippen LogP contribution is 2.68. The van der Waals surface area contributed by atoms with Crippen molar-refractivity contribution in [1.82, 2.24) is 9.80 Å². The number of unbranched alkanes of at least 4 members (excludes halogenated alkanes) is 5. The van der Waals surface area contributed by atoms with Crippen molar-refractivity contribution in [1.29, 1.82) is 0 Å². The summed E-state index contributed by atoms with van der Waals surface area (Å²) in [5.74, 6) is -1.54. The van der Waals surface area contributed by atoms with Gasteiger partial charge in [0.2, 0.25) is 11.8 Å². The molecule has 7 atom stereocenters. The number of nitrogens with zero attached hydrogens (tertiary/aromatic N) is 2. The Bertz CT molecular complexity index is 887. The topological polar surface area (TPSA) is 87.2 Å². The third-order valence-corrected chi connectivity index (χ3v) is 11.7. The lowest BCUT2D eigenvalue weighted by Gasteiger charge is -2.39. The lowest BCUT2D eigenvalue weighted by Crippen LogP contribution is -2.57. The molecule has 3 rings (SSSR count). The number of fused-ring (bicyclic) bond motifs is 1. The first-order valence-corrected chi connectivity index (χ1v) is 16.5. The summed E-state index contributed by atoms with van der Waals surface area (Å²) < 4.78 is 5.07. The van der Waals surface area contributed by atoms with E-state index in [0.717, 1.165) is 57.8 Å². The molecule has 39 heavy (non-hydrogen) atoms. The molecule has 2 bridgehead atoms. The van der Waals surface area contributed by atoms with Crippen LogP contribution in [-0.4, -0.2) is 85.9 Å². The zero-order valence-corrected chi connectivity index (χ0v) is 26.1. The van der Waals surface area contributed by atoms with Gasteiger partial charge in [0, 0.05) is 35.8 Å². The van der Waals surface area contributed by atoms with Crippen LogP contribution in [-0.2, 0) is 19.1 Å². The molecule has 0 aliphatic carbocycles. The number of allylic oxidation sites excluding steroid dienone is 1.